The summed E-state index contributed by atoms with van der Waals surface area (Å²) in [5.41, 5.74) is 3.11. The number of carboxylic acid groups (broad SMARTS) is 1. The van der Waals surface area contributed by atoms with Gasteiger partial charge in [0.15, 0.2) is 17.3 Å². The van der Waals surface area contributed by atoms with Crippen molar-refractivity contribution < 1.29 is 14.3 Å². The van der Waals surface area contributed by atoms with E-state index in [1.165, 1.54) is 18.6 Å². The molecule has 1 fully saturated rings. The Bertz CT molecular complexity index is 1480. The summed E-state index contributed by atoms with van der Waals surface area (Å²) in [6.07, 6.45) is 5.12. The van der Waals surface area contributed by atoms with Crippen molar-refractivity contribution in [2.24, 2.45) is 5.92 Å². The first-order valence-corrected chi connectivity index (χ1v) is 12.8. The van der Waals surface area contributed by atoms with E-state index in [2.05, 4.69) is 41.0 Å². The molecule has 10 heteroatoms. The number of halogens is 2. The van der Waals surface area contributed by atoms with E-state index in [0.717, 1.165) is 18.4 Å². The van der Waals surface area contributed by atoms with E-state index in [9.17, 15) is 14.3 Å². The molecule has 37 heavy (non-hydrogen) atoms. The number of fused-ring (bicyclic) bond motifs is 1. The Kier molecular flexibility index (Phi) is 6.81. The Balaban J connectivity index is 1.73. The van der Waals surface area contributed by atoms with Crippen LogP contribution in [0.25, 0.3) is 22.7 Å². The van der Waals surface area contributed by atoms with Crippen LogP contribution in [0.15, 0.2) is 36.5 Å². The van der Waals surface area contributed by atoms with E-state index in [4.69, 9.17) is 16.6 Å². The molecule has 1 atom stereocenters. The summed E-state index contributed by atoms with van der Waals surface area (Å²) in [4.78, 5) is 29.8. The summed E-state index contributed by atoms with van der Waals surface area (Å²) in [7, 11) is 0. The fourth-order valence-electron chi connectivity index (χ4n) is 4.60. The maximum absolute atomic E-state index is 14.3. The van der Waals surface area contributed by atoms with Gasteiger partial charge in [0.1, 0.15) is 17.0 Å². The van der Waals surface area contributed by atoms with E-state index in [-0.39, 0.29) is 35.0 Å². The number of carbonyl (C=O) groups is 1. The molecule has 8 nitrogen and oxygen atoms in total. The van der Waals surface area contributed by atoms with Crippen molar-refractivity contribution in [1.29, 1.82) is 0 Å². The Hall–Kier alpha value is -3.59. The van der Waals surface area contributed by atoms with Crippen molar-refractivity contribution >= 4 is 34.6 Å². The average molecular weight is 523 g/mol. The number of nitrogens with zero attached hydrogens (tertiary/aromatic N) is 5. The van der Waals surface area contributed by atoms with Crippen molar-refractivity contribution in [3.05, 3.63) is 64.3 Å². The minimum atomic E-state index is -1.24. The summed E-state index contributed by atoms with van der Waals surface area (Å²) >= 11 is 5.92. The van der Waals surface area contributed by atoms with Crippen LogP contribution in [0, 0.1) is 11.7 Å². The number of anilines is 1. The second-order valence-electron chi connectivity index (χ2n) is 9.90. The Morgan fingerprint density at radius 2 is 1.97 bits per heavy atom. The van der Waals surface area contributed by atoms with Crippen molar-refractivity contribution in [2.45, 2.75) is 58.5 Å². The number of imidazole rings is 1. The largest absolute Gasteiger partial charge is 0.475 e. The lowest BCUT2D eigenvalue weighted by Gasteiger charge is -2.32. The third-order valence-electron chi connectivity index (χ3n) is 7.02. The number of pyridine rings is 1. The Morgan fingerprint density at radius 3 is 2.62 bits per heavy atom. The molecule has 0 spiro atoms. The summed E-state index contributed by atoms with van der Waals surface area (Å²) in [5, 5.41) is 13.2. The number of hydrogen-bond donors (Lipinski definition) is 2. The molecule has 0 radical (unpaired) electrons. The minimum absolute atomic E-state index is 0.0388. The predicted molar refractivity (Wildman–Crippen MR) is 141 cm³/mol. The van der Waals surface area contributed by atoms with Crippen LogP contribution in [0.2, 0.25) is 5.02 Å². The molecular weight excluding hydrogens is 495 g/mol. The summed E-state index contributed by atoms with van der Waals surface area (Å²) in [6, 6.07) is 8.63. The van der Waals surface area contributed by atoms with Gasteiger partial charge in [0.05, 0.1) is 11.6 Å². The van der Waals surface area contributed by atoms with Crippen LogP contribution in [-0.4, -0.2) is 41.6 Å². The molecule has 0 unspecified atom stereocenters. The van der Waals surface area contributed by atoms with Gasteiger partial charge in [-0.3, -0.25) is 4.98 Å². The van der Waals surface area contributed by atoms with E-state index < -0.39 is 11.8 Å². The highest BCUT2D eigenvalue weighted by Gasteiger charge is 2.28. The van der Waals surface area contributed by atoms with Crippen molar-refractivity contribution in [1.82, 2.24) is 24.5 Å². The Labute approximate surface area is 219 Å². The van der Waals surface area contributed by atoms with Crippen molar-refractivity contribution in [3.63, 3.8) is 0 Å². The standard InChI is InChI=1S/C27H28ClFN6O2/c1-14(2)18-9-10-30-21(12-18)26-34-24-22(35(26)13-16-7-8-19(28)20(29)11-16)23(32-25(33-24)27(36)37)31-15(3)17-5-4-6-17/h7-12,14-15,17H,4-6,13H2,1-3H3,(H,36,37)(H,31,32,33)/t15-/m1/s1. The highest BCUT2D eigenvalue weighted by Crippen LogP contribution is 2.34. The van der Waals surface area contributed by atoms with Crippen LogP contribution in [0.4, 0.5) is 10.2 Å². The number of hydrogen-bond acceptors (Lipinski definition) is 6. The third-order valence-corrected chi connectivity index (χ3v) is 7.33. The number of rotatable bonds is 8. The molecule has 3 heterocycles. The molecule has 0 bridgehead atoms. The molecule has 2 N–H and O–H groups in total. The molecule has 192 valence electrons. The van der Waals surface area contributed by atoms with Crippen LogP contribution >= 0.6 is 11.6 Å². The van der Waals surface area contributed by atoms with Gasteiger partial charge in [0.25, 0.3) is 0 Å². The molecule has 4 aromatic rings. The molecule has 1 saturated carbocycles. The highest BCUT2D eigenvalue weighted by molar-refractivity contribution is 6.30. The highest BCUT2D eigenvalue weighted by atomic mass is 35.5. The second kappa shape index (κ2) is 10.0. The minimum Gasteiger partial charge on any atom is -0.475 e. The first-order valence-electron chi connectivity index (χ1n) is 12.4. The maximum Gasteiger partial charge on any atom is 0.374 e. The zero-order chi connectivity index (χ0) is 26.3. The van der Waals surface area contributed by atoms with E-state index in [0.29, 0.717) is 34.3 Å². The van der Waals surface area contributed by atoms with E-state index in [1.54, 1.807) is 12.3 Å². The SMILES string of the molecule is CC(C)c1ccnc(-c2nc3nc(C(=O)O)nc(N[C@H](C)C4CCC4)c3n2Cc2ccc(Cl)c(F)c2)c1. The van der Waals surface area contributed by atoms with Gasteiger partial charge < -0.3 is 15.0 Å². The smallest absolute Gasteiger partial charge is 0.374 e. The van der Waals surface area contributed by atoms with E-state index >= 15 is 0 Å². The number of nitrogens with one attached hydrogen (secondary N) is 1. The first kappa shape index (κ1) is 25.1. The van der Waals surface area contributed by atoms with Gasteiger partial charge in [-0.15, -0.1) is 0 Å². The summed E-state index contributed by atoms with van der Waals surface area (Å²) < 4.78 is 16.2. The van der Waals surface area contributed by atoms with Gasteiger partial charge >= 0.3 is 5.97 Å². The van der Waals surface area contributed by atoms with Crippen LogP contribution in [0.1, 0.15) is 67.7 Å². The quantitative estimate of drug-likeness (QED) is 0.286. The molecule has 0 amide bonds. The van der Waals surface area contributed by atoms with E-state index in [1.807, 2.05) is 16.7 Å². The van der Waals surface area contributed by atoms with Gasteiger partial charge in [-0.2, -0.15) is 0 Å². The van der Waals surface area contributed by atoms with Gasteiger partial charge in [-0.05, 0) is 67.0 Å². The lowest BCUT2D eigenvalue weighted by Crippen LogP contribution is -2.31. The van der Waals surface area contributed by atoms with Crippen LogP contribution in [-0.2, 0) is 6.54 Å². The number of aromatic carboxylic acids is 1. The normalized spacial score (nSPS) is 14.6. The topological polar surface area (TPSA) is 106 Å². The van der Waals surface area contributed by atoms with Crippen LogP contribution in [0.3, 0.4) is 0 Å². The van der Waals surface area contributed by atoms with Crippen LogP contribution in [0.5, 0.6) is 0 Å². The van der Waals surface area contributed by atoms with Crippen molar-refractivity contribution in [2.75, 3.05) is 5.32 Å². The molecule has 0 aliphatic heterocycles. The number of benzene rings is 1. The molecule has 1 aliphatic rings. The molecule has 1 aliphatic carbocycles. The van der Waals surface area contributed by atoms with Gasteiger partial charge in [0, 0.05) is 12.2 Å². The lowest BCUT2D eigenvalue weighted by atomic mass is 9.80. The fourth-order valence-corrected chi connectivity index (χ4v) is 4.72. The van der Waals surface area contributed by atoms with Gasteiger partial charge in [-0.1, -0.05) is 37.9 Å². The first-order chi connectivity index (χ1) is 17.7. The van der Waals surface area contributed by atoms with Crippen LogP contribution < -0.4 is 5.32 Å². The summed E-state index contributed by atoms with van der Waals surface area (Å²) in [5.74, 6) is -0.483. The molecule has 0 saturated heterocycles. The molecule has 3 aromatic heterocycles. The zero-order valence-electron chi connectivity index (χ0n) is 20.9. The van der Waals surface area contributed by atoms with Crippen molar-refractivity contribution in [3.8, 4) is 11.5 Å². The fraction of sp³-hybridized carbons (Fsp3) is 0.370. The Morgan fingerprint density at radius 1 is 1.19 bits per heavy atom. The maximum atomic E-state index is 14.3. The predicted octanol–water partition coefficient (Wildman–Crippen LogP) is 6.15. The zero-order valence-corrected chi connectivity index (χ0v) is 21.6. The third kappa shape index (κ3) is 5.00. The van der Waals surface area contributed by atoms with Gasteiger partial charge in [0.2, 0.25) is 5.82 Å². The monoisotopic (exact) mass is 522 g/mol. The molecule has 5 rings (SSSR count). The summed E-state index contributed by atoms with van der Waals surface area (Å²) in [6.45, 7) is 6.48. The molecular formula is C27H28ClFN6O2. The second-order valence-corrected chi connectivity index (χ2v) is 10.3. The lowest BCUT2D eigenvalue weighted by molar-refractivity contribution is 0.0684. The number of carboxylic acids is 1. The van der Waals surface area contributed by atoms with Gasteiger partial charge in [-0.25, -0.2) is 24.1 Å². The average Bonchev–Trinajstić information content (AvgIpc) is 3.18. The number of aromatic nitrogens is 5. The molecule has 1 aromatic carbocycles.